The van der Waals surface area contributed by atoms with Crippen LogP contribution in [-0.4, -0.2) is 11.9 Å². The maximum Gasteiger partial charge on any atom is 0.363 e. The van der Waals surface area contributed by atoms with Crippen LogP contribution in [0, 0.1) is 5.82 Å². The number of ether oxygens (including phenoxy) is 1. The molecule has 0 fully saturated rings. The normalized spacial score (nSPS) is 16.1. The highest BCUT2D eigenvalue weighted by Crippen LogP contribution is 2.20. The van der Waals surface area contributed by atoms with Crippen LogP contribution in [0.2, 0.25) is 0 Å². The van der Waals surface area contributed by atoms with Gasteiger partial charge in [-0.3, -0.25) is 0 Å². The van der Waals surface area contributed by atoms with Crippen LogP contribution < -0.4 is 0 Å². The Balaban J connectivity index is 1.98. The van der Waals surface area contributed by atoms with E-state index in [1.54, 1.807) is 18.2 Å². The van der Waals surface area contributed by atoms with E-state index in [1.807, 2.05) is 30.3 Å². The molecule has 0 aromatic heterocycles. The van der Waals surface area contributed by atoms with Crippen LogP contribution in [-0.2, 0) is 9.53 Å². The largest absolute Gasteiger partial charge is 0.402 e. The van der Waals surface area contributed by atoms with Crippen molar-refractivity contribution in [2.75, 3.05) is 0 Å². The lowest BCUT2D eigenvalue weighted by Gasteiger charge is -1.99. The third-order valence-corrected chi connectivity index (χ3v) is 2.83. The zero-order chi connectivity index (χ0) is 13.9. The highest BCUT2D eigenvalue weighted by Gasteiger charge is 2.25. The first-order valence-electron chi connectivity index (χ1n) is 6.06. The summed E-state index contributed by atoms with van der Waals surface area (Å²) < 4.78 is 18.6. The Hall–Kier alpha value is -2.75. The van der Waals surface area contributed by atoms with Crippen molar-refractivity contribution < 1.29 is 13.9 Å². The van der Waals surface area contributed by atoms with E-state index < -0.39 is 11.8 Å². The van der Waals surface area contributed by atoms with Crippen LogP contribution in [0.3, 0.4) is 0 Å². The number of aliphatic imine (C=N–C) groups is 1. The number of hydrogen-bond donors (Lipinski definition) is 0. The van der Waals surface area contributed by atoms with Crippen molar-refractivity contribution in [3.05, 3.63) is 77.2 Å². The van der Waals surface area contributed by atoms with Gasteiger partial charge in [-0.1, -0.05) is 42.5 Å². The first-order chi connectivity index (χ1) is 9.74. The van der Waals surface area contributed by atoms with Crippen molar-refractivity contribution in [3.8, 4) is 0 Å². The molecule has 3 nitrogen and oxygen atoms in total. The molecule has 3 rings (SSSR count). The minimum Gasteiger partial charge on any atom is -0.402 e. The van der Waals surface area contributed by atoms with Crippen molar-refractivity contribution in [1.29, 1.82) is 0 Å². The molecule has 0 spiro atoms. The summed E-state index contributed by atoms with van der Waals surface area (Å²) in [5, 5.41) is 0. The smallest absolute Gasteiger partial charge is 0.363 e. The number of carbonyl (C=O) groups excluding carboxylic acids is 1. The predicted octanol–water partition coefficient (Wildman–Crippen LogP) is 3.17. The maximum absolute atomic E-state index is 13.6. The average molecular weight is 267 g/mol. The van der Waals surface area contributed by atoms with E-state index in [1.165, 1.54) is 12.1 Å². The van der Waals surface area contributed by atoms with Gasteiger partial charge in [0.2, 0.25) is 5.90 Å². The Kier molecular flexibility index (Phi) is 3.13. The third kappa shape index (κ3) is 2.36. The summed E-state index contributed by atoms with van der Waals surface area (Å²) in [4.78, 5) is 15.8. The molecule has 1 heterocycles. The van der Waals surface area contributed by atoms with Crippen molar-refractivity contribution >= 4 is 17.9 Å². The lowest BCUT2D eigenvalue weighted by molar-refractivity contribution is -0.129. The maximum atomic E-state index is 13.6. The minimum absolute atomic E-state index is 0.00437. The summed E-state index contributed by atoms with van der Waals surface area (Å²) in [7, 11) is 0. The van der Waals surface area contributed by atoms with E-state index in [4.69, 9.17) is 4.74 Å². The van der Waals surface area contributed by atoms with Gasteiger partial charge in [0.05, 0.1) is 5.56 Å². The second-order valence-corrected chi connectivity index (χ2v) is 4.23. The van der Waals surface area contributed by atoms with Crippen molar-refractivity contribution in [2.45, 2.75) is 0 Å². The molecule has 0 radical (unpaired) electrons. The summed E-state index contributed by atoms with van der Waals surface area (Å²) in [6.07, 6.45) is 1.61. The van der Waals surface area contributed by atoms with Gasteiger partial charge < -0.3 is 4.74 Å². The zero-order valence-electron chi connectivity index (χ0n) is 10.4. The van der Waals surface area contributed by atoms with E-state index in [9.17, 15) is 9.18 Å². The molecular weight excluding hydrogens is 257 g/mol. The molecular formula is C16H10FNO2. The van der Waals surface area contributed by atoms with Gasteiger partial charge >= 0.3 is 5.97 Å². The molecule has 98 valence electrons. The molecule has 4 heteroatoms. The monoisotopic (exact) mass is 267 g/mol. The van der Waals surface area contributed by atoms with Crippen molar-refractivity contribution in [3.63, 3.8) is 0 Å². The summed E-state index contributed by atoms with van der Waals surface area (Å²) in [5.74, 6) is -1.05. The van der Waals surface area contributed by atoms with Gasteiger partial charge in [0.1, 0.15) is 5.82 Å². The van der Waals surface area contributed by atoms with E-state index in [-0.39, 0.29) is 17.2 Å². The Labute approximate surface area is 115 Å². The molecule has 20 heavy (non-hydrogen) atoms. The molecule has 0 saturated carbocycles. The van der Waals surface area contributed by atoms with Crippen LogP contribution in [0.25, 0.3) is 6.08 Å². The van der Waals surface area contributed by atoms with Gasteiger partial charge in [0.25, 0.3) is 0 Å². The quantitative estimate of drug-likeness (QED) is 0.619. The standard InChI is InChI=1S/C16H10FNO2/c17-13-9-5-4-8-12(13)15-18-14(16(19)20-15)10-11-6-2-1-3-7-11/h1-10H/b14-10-. The van der Waals surface area contributed by atoms with Crippen molar-refractivity contribution in [1.82, 2.24) is 0 Å². The number of esters is 1. The molecule has 0 aliphatic carbocycles. The molecule has 1 aliphatic heterocycles. The van der Waals surface area contributed by atoms with Crippen LogP contribution in [0.4, 0.5) is 4.39 Å². The second kappa shape index (κ2) is 5.09. The van der Waals surface area contributed by atoms with Gasteiger partial charge in [-0.15, -0.1) is 0 Å². The van der Waals surface area contributed by atoms with Crippen molar-refractivity contribution in [2.24, 2.45) is 4.99 Å². The van der Waals surface area contributed by atoms with E-state index in [2.05, 4.69) is 4.99 Å². The summed E-state index contributed by atoms with van der Waals surface area (Å²) >= 11 is 0. The van der Waals surface area contributed by atoms with E-state index in [0.29, 0.717) is 0 Å². The topological polar surface area (TPSA) is 38.7 Å². The average Bonchev–Trinajstić information content (AvgIpc) is 2.81. The van der Waals surface area contributed by atoms with Gasteiger partial charge in [0, 0.05) is 0 Å². The number of cyclic esters (lactones) is 1. The van der Waals surface area contributed by atoms with E-state index >= 15 is 0 Å². The number of halogens is 1. The molecule has 1 aliphatic rings. The Morgan fingerprint density at radius 1 is 1.00 bits per heavy atom. The Morgan fingerprint density at radius 3 is 2.45 bits per heavy atom. The molecule has 2 aromatic rings. The van der Waals surface area contributed by atoms with Crippen LogP contribution >= 0.6 is 0 Å². The number of nitrogens with zero attached hydrogens (tertiary/aromatic N) is 1. The Morgan fingerprint density at radius 2 is 1.70 bits per heavy atom. The van der Waals surface area contributed by atoms with Crippen LogP contribution in [0.5, 0.6) is 0 Å². The molecule has 0 atom stereocenters. The van der Waals surface area contributed by atoms with Gasteiger partial charge in [-0.05, 0) is 23.8 Å². The number of benzene rings is 2. The number of carbonyl (C=O) groups is 1. The number of rotatable bonds is 2. The first kappa shape index (κ1) is 12.3. The third-order valence-electron chi connectivity index (χ3n) is 2.83. The number of hydrogen-bond acceptors (Lipinski definition) is 3. The predicted molar refractivity (Wildman–Crippen MR) is 73.4 cm³/mol. The molecule has 0 N–H and O–H groups in total. The molecule has 0 saturated heterocycles. The fourth-order valence-electron chi connectivity index (χ4n) is 1.87. The van der Waals surface area contributed by atoms with Gasteiger partial charge in [-0.2, -0.15) is 0 Å². The summed E-state index contributed by atoms with van der Waals surface area (Å²) in [5.41, 5.74) is 1.17. The summed E-state index contributed by atoms with van der Waals surface area (Å²) in [6.45, 7) is 0. The summed E-state index contributed by atoms with van der Waals surface area (Å²) in [6, 6.07) is 15.3. The van der Waals surface area contributed by atoms with Gasteiger partial charge in [0.15, 0.2) is 5.70 Å². The van der Waals surface area contributed by atoms with Crippen LogP contribution in [0.15, 0.2) is 65.3 Å². The zero-order valence-corrected chi connectivity index (χ0v) is 10.4. The second-order valence-electron chi connectivity index (χ2n) is 4.23. The SMILES string of the molecule is O=C1OC(c2ccccc2F)=N/C1=C\c1ccccc1. The lowest BCUT2D eigenvalue weighted by atomic mass is 10.2. The molecule has 0 bridgehead atoms. The molecule has 2 aromatic carbocycles. The highest BCUT2D eigenvalue weighted by atomic mass is 19.1. The molecule has 0 amide bonds. The van der Waals surface area contributed by atoms with E-state index in [0.717, 1.165) is 5.56 Å². The minimum atomic E-state index is -0.577. The fraction of sp³-hybridized carbons (Fsp3) is 0. The Bertz CT molecular complexity index is 720. The first-order valence-corrected chi connectivity index (χ1v) is 6.06. The molecule has 0 unspecified atom stereocenters. The van der Waals surface area contributed by atoms with Crippen LogP contribution in [0.1, 0.15) is 11.1 Å². The van der Waals surface area contributed by atoms with Gasteiger partial charge in [-0.25, -0.2) is 14.2 Å². The highest BCUT2D eigenvalue weighted by molar-refractivity contribution is 6.12. The lowest BCUT2D eigenvalue weighted by Crippen LogP contribution is -2.07. The fourth-order valence-corrected chi connectivity index (χ4v) is 1.87.